The summed E-state index contributed by atoms with van der Waals surface area (Å²) in [5.74, 6) is 0.600. The first-order valence-electron chi connectivity index (χ1n) is 12.5. The zero-order valence-corrected chi connectivity index (χ0v) is 22.7. The predicted molar refractivity (Wildman–Crippen MR) is 146 cm³/mol. The largest absolute Gasteiger partial charge is 0.493 e. The molecule has 0 unspecified atom stereocenters. The smallest absolute Gasteiger partial charge is 0.280 e. The topological polar surface area (TPSA) is 100.0 Å². The van der Waals surface area contributed by atoms with Gasteiger partial charge in [0, 0.05) is 42.5 Å². The van der Waals surface area contributed by atoms with E-state index in [0.717, 1.165) is 6.42 Å². The number of hydrogen-bond donors (Lipinski definition) is 1. The Kier molecular flexibility index (Phi) is 8.82. The molecule has 11 heteroatoms. The third kappa shape index (κ3) is 6.55. The van der Waals surface area contributed by atoms with Crippen molar-refractivity contribution in [1.29, 1.82) is 0 Å². The second kappa shape index (κ2) is 12.4. The van der Waals surface area contributed by atoms with Gasteiger partial charge in [0.25, 0.3) is 5.91 Å². The molecule has 1 N–H and O–H groups in total. The van der Waals surface area contributed by atoms with Crippen LogP contribution in [0.25, 0.3) is 10.9 Å². The van der Waals surface area contributed by atoms with E-state index in [1.165, 1.54) is 26.4 Å². The molecule has 2 aromatic heterocycles. The van der Waals surface area contributed by atoms with Crippen molar-refractivity contribution in [2.45, 2.75) is 19.9 Å². The summed E-state index contributed by atoms with van der Waals surface area (Å²) in [6, 6.07) is 9.26. The number of aromatic nitrogens is 3. The second-order valence-electron chi connectivity index (χ2n) is 8.99. The molecule has 2 aromatic carbocycles. The average Bonchev–Trinajstić information content (AvgIpc) is 3.32. The van der Waals surface area contributed by atoms with Crippen LogP contribution in [0.3, 0.4) is 0 Å². The molecule has 0 saturated carbocycles. The molecular formula is C28H32FN5O5. The van der Waals surface area contributed by atoms with Crippen molar-refractivity contribution in [3.05, 3.63) is 60.3 Å². The summed E-state index contributed by atoms with van der Waals surface area (Å²) >= 11 is 0. The van der Waals surface area contributed by atoms with Gasteiger partial charge in [0.2, 0.25) is 0 Å². The number of pyridine rings is 1. The van der Waals surface area contributed by atoms with Crippen LogP contribution in [-0.2, 0) is 6.54 Å². The molecule has 0 spiro atoms. The number of benzene rings is 2. The predicted octanol–water partition coefficient (Wildman–Crippen LogP) is 4.98. The van der Waals surface area contributed by atoms with Crippen LogP contribution < -0.4 is 24.3 Å². The first kappa shape index (κ1) is 27.6. The lowest BCUT2D eigenvalue weighted by atomic mass is 10.2. The van der Waals surface area contributed by atoms with E-state index in [2.05, 4.69) is 15.4 Å². The maximum absolute atomic E-state index is 15.1. The van der Waals surface area contributed by atoms with Crippen LogP contribution in [0.5, 0.6) is 28.7 Å². The number of hydrogen-bond acceptors (Lipinski definition) is 8. The van der Waals surface area contributed by atoms with Crippen molar-refractivity contribution in [2.75, 3.05) is 46.8 Å². The Morgan fingerprint density at radius 2 is 1.79 bits per heavy atom. The minimum Gasteiger partial charge on any atom is -0.493 e. The van der Waals surface area contributed by atoms with Gasteiger partial charge in [0.15, 0.2) is 34.5 Å². The molecule has 0 atom stereocenters. The highest BCUT2D eigenvalue weighted by atomic mass is 19.1. The minimum atomic E-state index is -0.655. The Labute approximate surface area is 226 Å². The van der Waals surface area contributed by atoms with Crippen LogP contribution in [0.2, 0.25) is 0 Å². The highest BCUT2D eigenvalue weighted by Gasteiger charge is 2.20. The van der Waals surface area contributed by atoms with Crippen molar-refractivity contribution < 1.29 is 28.1 Å². The fourth-order valence-electron chi connectivity index (χ4n) is 3.85. The van der Waals surface area contributed by atoms with E-state index in [1.807, 2.05) is 25.9 Å². The summed E-state index contributed by atoms with van der Waals surface area (Å²) in [7, 11) is 6.94. The zero-order valence-electron chi connectivity index (χ0n) is 22.7. The lowest BCUT2D eigenvalue weighted by Crippen LogP contribution is -2.20. The molecule has 10 nitrogen and oxygen atoms in total. The summed E-state index contributed by atoms with van der Waals surface area (Å²) in [5.41, 5.74) is 0.983. The van der Waals surface area contributed by atoms with Gasteiger partial charge in [-0.2, -0.15) is 5.10 Å². The molecule has 206 valence electrons. The van der Waals surface area contributed by atoms with Crippen LogP contribution in [0.1, 0.15) is 23.8 Å². The van der Waals surface area contributed by atoms with Gasteiger partial charge in [0.1, 0.15) is 12.4 Å². The van der Waals surface area contributed by atoms with Gasteiger partial charge in [-0.3, -0.25) is 14.5 Å². The number of nitrogens with one attached hydrogen (secondary N) is 1. The fourth-order valence-corrected chi connectivity index (χ4v) is 3.85. The van der Waals surface area contributed by atoms with Crippen molar-refractivity contribution >= 4 is 22.5 Å². The van der Waals surface area contributed by atoms with Gasteiger partial charge in [-0.05, 0) is 44.8 Å². The van der Waals surface area contributed by atoms with E-state index in [1.54, 1.807) is 41.3 Å². The Morgan fingerprint density at radius 3 is 2.49 bits per heavy atom. The lowest BCUT2D eigenvalue weighted by molar-refractivity contribution is 0.101. The number of likely N-dealkylation sites (N-methyl/N-ethyl adjacent to an activating group) is 1. The molecule has 0 saturated heterocycles. The number of anilines is 1. The molecule has 1 amide bonds. The Hall–Kier alpha value is -4.38. The van der Waals surface area contributed by atoms with Crippen molar-refractivity contribution in [3.63, 3.8) is 0 Å². The van der Waals surface area contributed by atoms with Gasteiger partial charge < -0.3 is 29.2 Å². The number of amides is 1. The van der Waals surface area contributed by atoms with E-state index >= 15 is 4.39 Å². The third-order valence-corrected chi connectivity index (χ3v) is 5.81. The van der Waals surface area contributed by atoms with E-state index in [0.29, 0.717) is 53.6 Å². The third-order valence-electron chi connectivity index (χ3n) is 5.81. The molecule has 0 radical (unpaired) electrons. The normalized spacial score (nSPS) is 11.1. The average molecular weight is 538 g/mol. The van der Waals surface area contributed by atoms with E-state index in [4.69, 9.17) is 18.9 Å². The molecule has 0 aliphatic heterocycles. The summed E-state index contributed by atoms with van der Waals surface area (Å²) < 4.78 is 39.2. The highest BCUT2D eigenvalue weighted by molar-refractivity contribution is 6.04. The minimum absolute atomic E-state index is 0.0183. The number of aryl methyl sites for hydroxylation is 1. The van der Waals surface area contributed by atoms with Crippen molar-refractivity contribution in [2.24, 2.45) is 0 Å². The van der Waals surface area contributed by atoms with Crippen LogP contribution >= 0.6 is 0 Å². The summed E-state index contributed by atoms with van der Waals surface area (Å²) in [6.07, 6.45) is 4.11. The summed E-state index contributed by atoms with van der Waals surface area (Å²) in [6.45, 7) is 3.73. The highest BCUT2D eigenvalue weighted by Crippen LogP contribution is 2.37. The Morgan fingerprint density at radius 1 is 1.03 bits per heavy atom. The first-order valence-corrected chi connectivity index (χ1v) is 12.5. The first-order chi connectivity index (χ1) is 18.8. The summed E-state index contributed by atoms with van der Waals surface area (Å²) in [4.78, 5) is 19.3. The van der Waals surface area contributed by atoms with E-state index in [9.17, 15) is 4.79 Å². The van der Waals surface area contributed by atoms with Crippen LogP contribution in [0.4, 0.5) is 10.1 Å². The van der Waals surface area contributed by atoms with E-state index in [-0.39, 0.29) is 17.1 Å². The Balaban J connectivity index is 1.53. The van der Waals surface area contributed by atoms with Crippen LogP contribution in [0.15, 0.2) is 48.8 Å². The van der Waals surface area contributed by atoms with E-state index < -0.39 is 11.7 Å². The van der Waals surface area contributed by atoms with Gasteiger partial charge in [0.05, 0.1) is 25.9 Å². The Bertz CT molecular complexity index is 1460. The van der Waals surface area contributed by atoms with Crippen molar-refractivity contribution in [1.82, 2.24) is 19.7 Å². The molecule has 4 aromatic rings. The lowest BCUT2D eigenvalue weighted by Gasteiger charge is -2.13. The molecule has 0 bridgehead atoms. The maximum Gasteiger partial charge on any atom is 0.280 e. The van der Waals surface area contributed by atoms with Gasteiger partial charge in [-0.25, -0.2) is 4.39 Å². The number of nitrogens with zero attached hydrogens (tertiary/aromatic N) is 4. The number of carbonyl (C=O) groups is 1. The molecule has 0 aliphatic carbocycles. The molecular weight excluding hydrogens is 505 g/mol. The molecule has 0 fully saturated rings. The zero-order chi connectivity index (χ0) is 27.9. The number of methoxy groups -OCH3 is 2. The van der Waals surface area contributed by atoms with Crippen molar-refractivity contribution in [3.8, 4) is 28.7 Å². The number of fused-ring (bicyclic) bond motifs is 1. The molecule has 0 aliphatic rings. The second-order valence-corrected chi connectivity index (χ2v) is 8.99. The molecule has 2 heterocycles. The fraction of sp³-hybridized carbons (Fsp3) is 0.321. The van der Waals surface area contributed by atoms with Gasteiger partial charge in [-0.15, -0.1) is 0 Å². The number of ether oxygens (including phenoxy) is 4. The molecule has 39 heavy (non-hydrogen) atoms. The van der Waals surface area contributed by atoms with Crippen LogP contribution in [-0.4, -0.2) is 67.0 Å². The van der Waals surface area contributed by atoms with Gasteiger partial charge >= 0.3 is 0 Å². The summed E-state index contributed by atoms with van der Waals surface area (Å²) in [5, 5.41) is 7.69. The van der Waals surface area contributed by atoms with Crippen LogP contribution in [0, 0.1) is 5.82 Å². The number of halogens is 1. The number of carbonyl (C=O) groups excluding carboxylic acids is 1. The van der Waals surface area contributed by atoms with Gasteiger partial charge in [-0.1, -0.05) is 6.92 Å². The number of rotatable bonds is 12. The monoisotopic (exact) mass is 537 g/mol. The molecule has 4 rings (SSSR count). The SMILES string of the molecule is CCCn1cc(OCCN(C)C)c(C(=O)Nc2ccc(Oc3ccnc4cc(OC)c(OC)cc34)c(F)c2)n1. The standard InChI is InChI=1S/C28H32FN5O5/c1-6-11-34-17-26(38-13-12-33(2)3)27(32-34)28(35)31-18-7-8-23(20(29)14-18)39-22-9-10-30-21-16-25(37-5)24(36-4)15-19(21)22/h7-10,14-17H,6,11-13H2,1-5H3,(H,31,35). The maximum atomic E-state index is 15.1. The quantitative estimate of drug-likeness (QED) is 0.270.